The molecule has 3 heteroatoms. The maximum atomic E-state index is 4.51. The fourth-order valence-electron chi connectivity index (χ4n) is 2.13. The lowest BCUT2D eigenvalue weighted by Gasteiger charge is -2.19. The van der Waals surface area contributed by atoms with Gasteiger partial charge in [-0.3, -0.25) is 9.97 Å². The number of rotatable bonds is 5. The molecule has 0 radical (unpaired) electrons. The second kappa shape index (κ2) is 6.26. The van der Waals surface area contributed by atoms with Crippen molar-refractivity contribution in [2.45, 2.75) is 26.3 Å². The van der Waals surface area contributed by atoms with Crippen LogP contribution in [0.3, 0.4) is 0 Å². The van der Waals surface area contributed by atoms with Crippen LogP contribution in [0.4, 0.5) is 0 Å². The molecule has 1 atom stereocenters. The molecule has 2 heterocycles. The Morgan fingerprint density at radius 2 is 2.06 bits per heavy atom. The molecule has 94 valence electrons. The Bertz CT molecular complexity index is 482. The maximum absolute atomic E-state index is 4.51. The van der Waals surface area contributed by atoms with Gasteiger partial charge in [0.25, 0.3) is 0 Å². The van der Waals surface area contributed by atoms with E-state index < -0.39 is 0 Å². The lowest BCUT2D eigenvalue weighted by molar-refractivity contribution is 0.533. The standard InChI is InChI=1S/C15H19N3/c1-3-17-14(10-13-7-5-8-16-11-13)15-12(2)6-4-9-18-15/h4-9,11,14,17H,3,10H2,1-2H3. The zero-order chi connectivity index (χ0) is 12.8. The molecular formula is C15H19N3. The van der Waals surface area contributed by atoms with Crippen LogP contribution in [0, 0.1) is 6.92 Å². The molecule has 0 spiro atoms. The number of hydrogen-bond donors (Lipinski definition) is 1. The van der Waals surface area contributed by atoms with Crippen molar-refractivity contribution in [1.82, 2.24) is 15.3 Å². The van der Waals surface area contributed by atoms with Crippen molar-refractivity contribution in [3.05, 3.63) is 59.7 Å². The first-order valence-electron chi connectivity index (χ1n) is 6.35. The summed E-state index contributed by atoms with van der Waals surface area (Å²) in [5, 5.41) is 3.50. The number of pyridine rings is 2. The Balaban J connectivity index is 2.21. The molecule has 0 aliphatic rings. The molecule has 0 aliphatic carbocycles. The molecule has 0 bridgehead atoms. The number of nitrogens with zero attached hydrogens (tertiary/aromatic N) is 2. The Labute approximate surface area is 108 Å². The summed E-state index contributed by atoms with van der Waals surface area (Å²) in [5.74, 6) is 0. The third kappa shape index (κ3) is 3.14. The average Bonchev–Trinajstić information content (AvgIpc) is 2.40. The van der Waals surface area contributed by atoms with Crippen molar-refractivity contribution in [3.63, 3.8) is 0 Å². The van der Waals surface area contributed by atoms with E-state index in [0.29, 0.717) is 0 Å². The first kappa shape index (κ1) is 12.7. The molecule has 0 fully saturated rings. The summed E-state index contributed by atoms with van der Waals surface area (Å²) in [6, 6.07) is 8.42. The second-order valence-corrected chi connectivity index (χ2v) is 4.38. The minimum absolute atomic E-state index is 0.250. The second-order valence-electron chi connectivity index (χ2n) is 4.38. The Morgan fingerprint density at radius 3 is 2.72 bits per heavy atom. The van der Waals surface area contributed by atoms with Crippen molar-refractivity contribution in [1.29, 1.82) is 0 Å². The molecule has 3 nitrogen and oxygen atoms in total. The molecule has 0 amide bonds. The van der Waals surface area contributed by atoms with Crippen LogP contribution in [0.5, 0.6) is 0 Å². The summed E-state index contributed by atoms with van der Waals surface area (Å²) in [4.78, 5) is 8.68. The lowest BCUT2D eigenvalue weighted by Crippen LogP contribution is -2.24. The molecule has 0 aliphatic heterocycles. The van der Waals surface area contributed by atoms with Crippen LogP contribution in [-0.4, -0.2) is 16.5 Å². The highest BCUT2D eigenvalue weighted by atomic mass is 14.9. The van der Waals surface area contributed by atoms with Crippen LogP contribution in [0.2, 0.25) is 0 Å². The van der Waals surface area contributed by atoms with Crippen LogP contribution >= 0.6 is 0 Å². The van der Waals surface area contributed by atoms with Crippen LogP contribution in [0.25, 0.3) is 0 Å². The molecular weight excluding hydrogens is 222 g/mol. The van der Waals surface area contributed by atoms with Crippen molar-refractivity contribution in [3.8, 4) is 0 Å². The van der Waals surface area contributed by atoms with E-state index in [9.17, 15) is 0 Å². The van der Waals surface area contributed by atoms with E-state index in [1.54, 1.807) is 6.20 Å². The zero-order valence-corrected chi connectivity index (χ0v) is 10.9. The van der Waals surface area contributed by atoms with Gasteiger partial charge in [-0.25, -0.2) is 0 Å². The number of nitrogens with one attached hydrogen (secondary N) is 1. The molecule has 2 aromatic heterocycles. The fourth-order valence-corrected chi connectivity index (χ4v) is 2.13. The van der Waals surface area contributed by atoms with E-state index in [1.165, 1.54) is 11.1 Å². The molecule has 18 heavy (non-hydrogen) atoms. The molecule has 2 aromatic rings. The van der Waals surface area contributed by atoms with Gasteiger partial charge in [0.1, 0.15) is 0 Å². The molecule has 1 unspecified atom stereocenters. The summed E-state index contributed by atoms with van der Waals surface area (Å²) in [7, 11) is 0. The quantitative estimate of drug-likeness (QED) is 0.874. The fraction of sp³-hybridized carbons (Fsp3) is 0.333. The summed E-state index contributed by atoms with van der Waals surface area (Å²) in [6.45, 7) is 5.16. The van der Waals surface area contributed by atoms with E-state index >= 15 is 0 Å². The number of aromatic nitrogens is 2. The molecule has 0 aromatic carbocycles. The first-order chi connectivity index (χ1) is 8.81. The Morgan fingerprint density at radius 1 is 1.22 bits per heavy atom. The van der Waals surface area contributed by atoms with Gasteiger partial charge in [-0.1, -0.05) is 19.1 Å². The van der Waals surface area contributed by atoms with E-state index in [-0.39, 0.29) is 6.04 Å². The predicted molar refractivity (Wildman–Crippen MR) is 73.3 cm³/mol. The van der Waals surface area contributed by atoms with Gasteiger partial charge in [-0.05, 0) is 43.1 Å². The van der Waals surface area contributed by atoms with Gasteiger partial charge >= 0.3 is 0 Å². The molecule has 1 N–H and O–H groups in total. The van der Waals surface area contributed by atoms with Gasteiger partial charge in [0.15, 0.2) is 0 Å². The van der Waals surface area contributed by atoms with Gasteiger partial charge in [0, 0.05) is 18.6 Å². The largest absolute Gasteiger partial charge is 0.309 e. The van der Waals surface area contributed by atoms with E-state index in [2.05, 4.69) is 41.3 Å². The highest BCUT2D eigenvalue weighted by Crippen LogP contribution is 2.19. The van der Waals surface area contributed by atoms with Gasteiger partial charge in [-0.2, -0.15) is 0 Å². The van der Waals surface area contributed by atoms with Crippen LogP contribution in [0.15, 0.2) is 42.9 Å². The van der Waals surface area contributed by atoms with Gasteiger partial charge in [0.2, 0.25) is 0 Å². The predicted octanol–water partition coefficient (Wildman–Crippen LogP) is 2.68. The smallest absolute Gasteiger partial charge is 0.0605 e. The monoisotopic (exact) mass is 241 g/mol. The third-order valence-corrected chi connectivity index (χ3v) is 2.99. The van der Waals surface area contributed by atoms with E-state index in [0.717, 1.165) is 18.7 Å². The normalized spacial score (nSPS) is 12.3. The van der Waals surface area contributed by atoms with Crippen LogP contribution in [0.1, 0.15) is 29.8 Å². The maximum Gasteiger partial charge on any atom is 0.0605 e. The highest BCUT2D eigenvalue weighted by molar-refractivity contribution is 5.23. The first-order valence-corrected chi connectivity index (χ1v) is 6.35. The van der Waals surface area contributed by atoms with E-state index in [4.69, 9.17) is 0 Å². The highest BCUT2D eigenvalue weighted by Gasteiger charge is 2.14. The summed E-state index contributed by atoms with van der Waals surface area (Å²) >= 11 is 0. The van der Waals surface area contributed by atoms with Crippen molar-refractivity contribution < 1.29 is 0 Å². The number of hydrogen-bond acceptors (Lipinski definition) is 3. The van der Waals surface area contributed by atoms with Gasteiger partial charge in [0.05, 0.1) is 11.7 Å². The summed E-state index contributed by atoms with van der Waals surface area (Å²) in [6.07, 6.45) is 6.50. The summed E-state index contributed by atoms with van der Waals surface area (Å²) < 4.78 is 0. The Hall–Kier alpha value is -1.74. The zero-order valence-electron chi connectivity index (χ0n) is 10.9. The van der Waals surface area contributed by atoms with Gasteiger partial charge in [-0.15, -0.1) is 0 Å². The molecule has 0 saturated carbocycles. The van der Waals surface area contributed by atoms with Gasteiger partial charge < -0.3 is 5.32 Å². The summed E-state index contributed by atoms with van der Waals surface area (Å²) in [5.41, 5.74) is 3.59. The minimum Gasteiger partial charge on any atom is -0.309 e. The SMILES string of the molecule is CCNC(Cc1cccnc1)c1ncccc1C. The van der Waals surface area contributed by atoms with Crippen molar-refractivity contribution in [2.75, 3.05) is 6.54 Å². The Kier molecular flexibility index (Phi) is 4.42. The van der Waals surface area contributed by atoms with E-state index in [1.807, 2.05) is 24.5 Å². The average molecular weight is 241 g/mol. The molecule has 0 saturated heterocycles. The van der Waals surface area contributed by atoms with Crippen molar-refractivity contribution >= 4 is 0 Å². The minimum atomic E-state index is 0.250. The third-order valence-electron chi connectivity index (χ3n) is 2.99. The van der Waals surface area contributed by atoms with Crippen LogP contribution < -0.4 is 5.32 Å². The number of aryl methyl sites for hydroxylation is 1. The van der Waals surface area contributed by atoms with Crippen LogP contribution in [-0.2, 0) is 6.42 Å². The number of likely N-dealkylation sites (N-methyl/N-ethyl adjacent to an activating group) is 1. The molecule has 2 rings (SSSR count). The lowest BCUT2D eigenvalue weighted by atomic mass is 10.0. The topological polar surface area (TPSA) is 37.8 Å². The van der Waals surface area contributed by atoms with Crippen molar-refractivity contribution in [2.24, 2.45) is 0 Å².